The van der Waals surface area contributed by atoms with Gasteiger partial charge in [0.25, 0.3) is 0 Å². The van der Waals surface area contributed by atoms with Gasteiger partial charge in [0.15, 0.2) is 0 Å². The number of nitrogens with zero attached hydrogens (tertiary/aromatic N) is 2. The third-order valence-electron chi connectivity index (χ3n) is 1.90. The van der Waals surface area contributed by atoms with E-state index in [0.717, 1.165) is 12.1 Å². The fourth-order valence-electron chi connectivity index (χ4n) is 1.23. The van der Waals surface area contributed by atoms with Crippen LogP contribution < -0.4 is 10.2 Å². The topological polar surface area (TPSA) is 122 Å². The Morgan fingerprint density at radius 3 is 1.59 bits per heavy atom. The molecule has 0 radical (unpaired) electrons. The van der Waals surface area contributed by atoms with E-state index in [2.05, 4.69) is 15.4 Å². The summed E-state index contributed by atoms with van der Waals surface area (Å²) in [4.78, 5) is 21.3. The number of carbonyl (C=O) groups is 2. The zero-order valence-electron chi connectivity index (χ0n) is 7.79. The molecule has 0 amide bonds. The number of benzene rings is 1. The van der Waals surface area contributed by atoms with Gasteiger partial charge < -0.3 is 19.8 Å². The molecule has 0 aliphatic carbocycles. The van der Waals surface area contributed by atoms with Gasteiger partial charge in [-0.2, -0.15) is 15.4 Å². The van der Waals surface area contributed by atoms with Crippen LogP contribution in [0.4, 0.5) is 0 Å². The molecule has 2 rings (SSSR count). The number of fused-ring (bicyclic) bond motifs is 1. The van der Waals surface area contributed by atoms with E-state index >= 15 is 0 Å². The number of aromatic amines is 1. The maximum atomic E-state index is 10.6. The number of hydrogen-bond donors (Lipinski definition) is 1. The van der Waals surface area contributed by atoms with Gasteiger partial charge in [0.1, 0.15) is 11.0 Å². The van der Waals surface area contributed by atoms with Crippen molar-refractivity contribution in [3.63, 3.8) is 0 Å². The second kappa shape index (κ2) is 6.10. The molecular weight excluding hydrogens is 418 g/mol. The molecule has 1 N–H and O–H groups in total. The fraction of sp³-hybridized carbons (Fsp3) is 0. The molecule has 0 unspecified atom stereocenters. The van der Waals surface area contributed by atoms with E-state index < -0.39 is 23.1 Å². The molecule has 1 aromatic carbocycles. The van der Waals surface area contributed by atoms with Crippen LogP contribution in [-0.4, -0.2) is 27.3 Å². The minimum Gasteiger partial charge on any atom is -0.545 e. The molecule has 7 nitrogen and oxygen atoms in total. The Labute approximate surface area is 126 Å². The van der Waals surface area contributed by atoms with Crippen LogP contribution in [0.15, 0.2) is 12.1 Å². The molecule has 1 aromatic heterocycles. The van der Waals surface area contributed by atoms with Crippen molar-refractivity contribution in [1.29, 1.82) is 0 Å². The normalized spacial score (nSPS) is 9.18. The van der Waals surface area contributed by atoms with E-state index in [0.29, 0.717) is 0 Å². The molecule has 0 aliphatic heterocycles. The number of carbonyl (C=O) groups excluding carboxylic acids is 2. The first-order valence-corrected chi connectivity index (χ1v) is 3.87. The summed E-state index contributed by atoms with van der Waals surface area (Å²) < 4.78 is 0. The smallest absolute Gasteiger partial charge is 0.545 e. The summed E-state index contributed by atoms with van der Waals surface area (Å²) in [5, 5.41) is 30.7. The number of carboxylic acids is 2. The SMILES string of the molecule is O=C([O-])c1cc2n[nH]nc2cc1C(=O)[O-].[Ag+].[Ag+]. The number of rotatable bonds is 2. The molecule has 0 spiro atoms. The Bertz CT molecular complexity index is 521. The quantitative estimate of drug-likeness (QED) is 0.544. The molecule has 9 heteroatoms. The molecule has 0 aliphatic rings. The molecule has 1 heterocycles. The van der Waals surface area contributed by atoms with Crippen molar-refractivity contribution in [2.24, 2.45) is 0 Å². The summed E-state index contributed by atoms with van der Waals surface area (Å²) in [6.45, 7) is 0. The Hall–Kier alpha value is -0.959. The Morgan fingerprint density at radius 1 is 0.941 bits per heavy atom. The van der Waals surface area contributed by atoms with Crippen LogP contribution >= 0.6 is 0 Å². The largest absolute Gasteiger partial charge is 1.00 e. The van der Waals surface area contributed by atoms with Crippen LogP contribution in [0, 0.1) is 0 Å². The van der Waals surface area contributed by atoms with Crippen molar-refractivity contribution in [3.8, 4) is 0 Å². The summed E-state index contributed by atoms with van der Waals surface area (Å²) in [6.07, 6.45) is 0. The van der Waals surface area contributed by atoms with Gasteiger partial charge in [-0.15, -0.1) is 0 Å². The van der Waals surface area contributed by atoms with Gasteiger partial charge in [-0.25, -0.2) is 0 Å². The molecule has 0 saturated heterocycles. The Balaban J connectivity index is 0.00000128. The zero-order valence-corrected chi connectivity index (χ0v) is 10.7. The van der Waals surface area contributed by atoms with E-state index in [1.807, 2.05) is 0 Å². The zero-order chi connectivity index (χ0) is 11.0. The first kappa shape index (κ1) is 16.0. The number of nitrogens with one attached hydrogen (secondary N) is 1. The molecule has 17 heavy (non-hydrogen) atoms. The fourth-order valence-corrected chi connectivity index (χ4v) is 1.23. The maximum absolute atomic E-state index is 10.6. The van der Waals surface area contributed by atoms with Crippen molar-refractivity contribution in [3.05, 3.63) is 23.3 Å². The van der Waals surface area contributed by atoms with E-state index in [4.69, 9.17) is 0 Å². The van der Waals surface area contributed by atoms with Crippen LogP contribution in [0.25, 0.3) is 11.0 Å². The van der Waals surface area contributed by atoms with Gasteiger partial charge in [-0.1, -0.05) is 0 Å². The van der Waals surface area contributed by atoms with Crippen LogP contribution in [-0.2, 0) is 44.8 Å². The van der Waals surface area contributed by atoms with Gasteiger partial charge in [-0.05, 0) is 12.1 Å². The third kappa shape index (κ3) is 3.03. The van der Waals surface area contributed by atoms with Crippen LogP contribution in [0.1, 0.15) is 20.7 Å². The average Bonchev–Trinajstić information content (AvgIpc) is 2.61. The molecule has 0 fully saturated rings. The number of aromatic carboxylic acids is 2. The third-order valence-corrected chi connectivity index (χ3v) is 1.90. The summed E-state index contributed by atoms with van der Waals surface area (Å²) in [5.74, 6) is -3.20. The molecule has 0 bridgehead atoms. The van der Waals surface area contributed by atoms with Crippen molar-refractivity contribution in [2.75, 3.05) is 0 Å². The predicted octanol–water partition coefficient (Wildman–Crippen LogP) is -2.32. The predicted molar refractivity (Wildman–Crippen MR) is 42.5 cm³/mol. The van der Waals surface area contributed by atoms with Crippen LogP contribution in [0.5, 0.6) is 0 Å². The molecule has 0 saturated carbocycles. The van der Waals surface area contributed by atoms with Gasteiger partial charge in [0.2, 0.25) is 0 Å². The van der Waals surface area contributed by atoms with Gasteiger partial charge in [-0.3, -0.25) is 0 Å². The van der Waals surface area contributed by atoms with Gasteiger partial charge in [0.05, 0.1) is 11.9 Å². The number of aromatic nitrogens is 3. The van der Waals surface area contributed by atoms with Crippen molar-refractivity contribution in [1.82, 2.24) is 15.4 Å². The van der Waals surface area contributed by atoms with E-state index in [1.165, 1.54) is 0 Å². The average molecular weight is 421 g/mol. The van der Waals surface area contributed by atoms with Crippen LogP contribution in [0.3, 0.4) is 0 Å². The van der Waals surface area contributed by atoms with E-state index in [1.54, 1.807) is 0 Å². The maximum Gasteiger partial charge on any atom is 1.00 e. The summed E-state index contributed by atoms with van der Waals surface area (Å²) in [6, 6.07) is 2.14. The van der Waals surface area contributed by atoms with Crippen molar-refractivity contribution < 1.29 is 64.6 Å². The Kier molecular flexibility index (Phi) is 5.76. The standard InChI is InChI=1S/C8H5N3O4.2Ag/c12-7(13)3-1-5-6(10-11-9-5)2-4(3)8(14)15;;/h1-2H,(H,12,13)(H,14,15)(H,9,10,11);;/q;2*+1/p-2. The molecule has 2 aromatic rings. The second-order valence-corrected chi connectivity index (χ2v) is 2.79. The van der Waals surface area contributed by atoms with Crippen molar-refractivity contribution in [2.45, 2.75) is 0 Å². The number of carboxylic acid groups (broad SMARTS) is 2. The first-order chi connectivity index (χ1) is 7.09. The number of H-pyrrole nitrogens is 1. The monoisotopic (exact) mass is 419 g/mol. The summed E-state index contributed by atoms with van der Waals surface area (Å²) in [5.41, 5.74) is -0.453. The molecule has 96 valence electrons. The Morgan fingerprint density at radius 2 is 1.29 bits per heavy atom. The number of hydrogen-bond acceptors (Lipinski definition) is 6. The minimum atomic E-state index is -1.60. The van der Waals surface area contributed by atoms with Crippen molar-refractivity contribution >= 4 is 23.0 Å². The first-order valence-electron chi connectivity index (χ1n) is 3.87. The van der Waals surface area contributed by atoms with Gasteiger partial charge in [0, 0.05) is 11.1 Å². The molecular formula is C8H3Ag2N3O4. The van der Waals surface area contributed by atoms with E-state index in [-0.39, 0.29) is 55.8 Å². The van der Waals surface area contributed by atoms with E-state index in [9.17, 15) is 19.8 Å². The second-order valence-electron chi connectivity index (χ2n) is 2.79. The van der Waals surface area contributed by atoms with Crippen LogP contribution in [0.2, 0.25) is 0 Å². The minimum absolute atomic E-state index is 0. The van der Waals surface area contributed by atoms with Gasteiger partial charge >= 0.3 is 44.8 Å². The molecule has 0 atom stereocenters. The summed E-state index contributed by atoms with van der Waals surface area (Å²) >= 11 is 0. The summed E-state index contributed by atoms with van der Waals surface area (Å²) in [7, 11) is 0.